The second-order valence-corrected chi connectivity index (χ2v) is 6.49. The molecule has 0 radical (unpaired) electrons. The maximum atomic E-state index is 12.6. The van der Waals surface area contributed by atoms with E-state index in [1.54, 1.807) is 11.8 Å². The minimum Gasteiger partial charge on any atom is -0.446 e. The fourth-order valence-electron chi connectivity index (χ4n) is 2.66. The van der Waals surface area contributed by atoms with Gasteiger partial charge in [-0.05, 0) is 5.56 Å². The van der Waals surface area contributed by atoms with Crippen molar-refractivity contribution in [3.63, 3.8) is 0 Å². The Kier molecular flexibility index (Phi) is 3.76. The molecular weight excluding hydrogens is 286 g/mol. The SMILES string of the molecule is C=CC1(CC(=O)N2C(=O)OC[C@@H]2c2ccccc2)CSC1. The molecule has 21 heavy (non-hydrogen) atoms. The van der Waals surface area contributed by atoms with Crippen molar-refractivity contribution >= 4 is 23.8 Å². The zero-order chi connectivity index (χ0) is 14.9. The Morgan fingerprint density at radius 2 is 2.14 bits per heavy atom. The fourth-order valence-corrected chi connectivity index (χ4v) is 3.83. The van der Waals surface area contributed by atoms with Gasteiger partial charge in [0, 0.05) is 23.3 Å². The van der Waals surface area contributed by atoms with Gasteiger partial charge in [0.1, 0.15) is 12.6 Å². The molecule has 0 spiro atoms. The molecule has 2 aliphatic heterocycles. The molecule has 2 aliphatic rings. The number of amides is 2. The first kappa shape index (κ1) is 14.2. The van der Waals surface area contributed by atoms with E-state index in [2.05, 4.69) is 6.58 Å². The highest BCUT2D eigenvalue weighted by Gasteiger charge is 2.44. The summed E-state index contributed by atoms with van der Waals surface area (Å²) in [5, 5.41) is 0. The lowest BCUT2D eigenvalue weighted by atomic mass is 9.87. The standard InChI is InChI=1S/C16H17NO3S/c1-2-16(10-21-11-16)8-14(18)17-13(9-20-15(17)19)12-6-4-3-5-7-12/h2-7,13H,1,8-11H2/t13-/m1/s1. The summed E-state index contributed by atoms with van der Waals surface area (Å²) >= 11 is 1.79. The molecule has 0 unspecified atom stereocenters. The molecule has 1 atom stereocenters. The van der Waals surface area contributed by atoms with Gasteiger partial charge in [0.15, 0.2) is 0 Å². The van der Waals surface area contributed by atoms with Crippen LogP contribution in [-0.2, 0) is 9.53 Å². The first-order chi connectivity index (χ1) is 10.2. The summed E-state index contributed by atoms with van der Waals surface area (Å²) in [7, 11) is 0. The van der Waals surface area contributed by atoms with E-state index in [4.69, 9.17) is 4.74 Å². The summed E-state index contributed by atoms with van der Waals surface area (Å²) in [5.41, 5.74) is 0.763. The largest absolute Gasteiger partial charge is 0.446 e. The number of nitrogens with zero attached hydrogens (tertiary/aromatic N) is 1. The van der Waals surface area contributed by atoms with E-state index in [0.717, 1.165) is 17.1 Å². The molecule has 3 rings (SSSR count). The number of hydrogen-bond donors (Lipinski definition) is 0. The second kappa shape index (κ2) is 5.56. The number of imide groups is 1. The minimum absolute atomic E-state index is 0.161. The number of carbonyl (C=O) groups excluding carboxylic acids is 2. The number of allylic oxidation sites excluding steroid dienone is 1. The third kappa shape index (κ3) is 2.58. The molecule has 0 bridgehead atoms. The summed E-state index contributed by atoms with van der Waals surface area (Å²) in [6.45, 7) is 4.06. The van der Waals surface area contributed by atoms with E-state index in [-0.39, 0.29) is 24.0 Å². The fraction of sp³-hybridized carbons (Fsp3) is 0.375. The van der Waals surface area contributed by atoms with Crippen molar-refractivity contribution in [2.75, 3.05) is 18.1 Å². The lowest BCUT2D eigenvalue weighted by molar-refractivity contribution is -0.130. The molecule has 1 aromatic rings. The Hall–Kier alpha value is -1.75. The van der Waals surface area contributed by atoms with Gasteiger partial charge in [0.2, 0.25) is 5.91 Å². The van der Waals surface area contributed by atoms with Crippen molar-refractivity contribution in [3.8, 4) is 0 Å². The van der Waals surface area contributed by atoms with Crippen LogP contribution in [0.25, 0.3) is 0 Å². The summed E-state index contributed by atoms with van der Waals surface area (Å²) < 4.78 is 5.09. The van der Waals surface area contributed by atoms with Gasteiger partial charge < -0.3 is 4.74 Å². The van der Waals surface area contributed by atoms with E-state index in [0.29, 0.717) is 6.42 Å². The van der Waals surface area contributed by atoms with Crippen molar-refractivity contribution in [2.24, 2.45) is 5.41 Å². The number of thioether (sulfide) groups is 1. The minimum atomic E-state index is -0.542. The summed E-state index contributed by atoms with van der Waals surface area (Å²) in [5.74, 6) is 1.61. The highest BCUT2D eigenvalue weighted by molar-refractivity contribution is 8.00. The molecule has 1 aromatic carbocycles. The van der Waals surface area contributed by atoms with Crippen LogP contribution in [0, 0.1) is 5.41 Å². The number of carbonyl (C=O) groups is 2. The average Bonchev–Trinajstić information content (AvgIpc) is 2.85. The molecule has 0 aliphatic carbocycles. The highest BCUT2D eigenvalue weighted by Crippen LogP contribution is 2.43. The summed E-state index contributed by atoms with van der Waals surface area (Å²) in [6.07, 6.45) is 1.63. The Bertz CT molecular complexity index is 568. The number of cyclic esters (lactones) is 1. The van der Waals surface area contributed by atoms with Gasteiger partial charge in [-0.15, -0.1) is 6.58 Å². The lowest BCUT2D eigenvalue weighted by Gasteiger charge is -2.38. The van der Waals surface area contributed by atoms with Crippen LogP contribution in [0.4, 0.5) is 4.79 Å². The predicted octanol–water partition coefficient (Wildman–Crippen LogP) is 3.02. The van der Waals surface area contributed by atoms with E-state index < -0.39 is 6.09 Å². The molecule has 0 N–H and O–H groups in total. The molecule has 4 nitrogen and oxygen atoms in total. The molecule has 2 heterocycles. The molecular formula is C16H17NO3S. The van der Waals surface area contributed by atoms with Gasteiger partial charge >= 0.3 is 6.09 Å². The zero-order valence-corrected chi connectivity index (χ0v) is 12.5. The molecule has 5 heteroatoms. The van der Waals surface area contributed by atoms with E-state index in [1.807, 2.05) is 36.4 Å². The summed E-state index contributed by atoms with van der Waals surface area (Å²) in [4.78, 5) is 25.8. The third-order valence-corrected chi connectivity index (χ3v) is 5.60. The smallest absolute Gasteiger partial charge is 0.417 e. The average molecular weight is 303 g/mol. The van der Waals surface area contributed by atoms with Crippen LogP contribution in [-0.4, -0.2) is 35.0 Å². The Morgan fingerprint density at radius 3 is 2.71 bits per heavy atom. The van der Waals surface area contributed by atoms with Crippen LogP contribution in [0.1, 0.15) is 18.0 Å². The maximum absolute atomic E-state index is 12.6. The predicted molar refractivity (Wildman–Crippen MR) is 81.9 cm³/mol. The van der Waals surface area contributed by atoms with E-state index in [1.165, 1.54) is 4.90 Å². The molecule has 110 valence electrons. The number of hydrogen-bond acceptors (Lipinski definition) is 4. The zero-order valence-electron chi connectivity index (χ0n) is 11.7. The van der Waals surface area contributed by atoms with Crippen LogP contribution in [0.2, 0.25) is 0 Å². The lowest BCUT2D eigenvalue weighted by Crippen LogP contribution is -2.42. The summed E-state index contributed by atoms with van der Waals surface area (Å²) in [6, 6.07) is 9.21. The number of ether oxygens (including phenoxy) is 1. The number of rotatable bonds is 4. The monoisotopic (exact) mass is 303 g/mol. The molecule has 2 fully saturated rings. The van der Waals surface area contributed by atoms with Gasteiger partial charge in [-0.3, -0.25) is 4.79 Å². The Morgan fingerprint density at radius 1 is 1.43 bits per heavy atom. The second-order valence-electron chi connectivity index (χ2n) is 5.50. The van der Waals surface area contributed by atoms with Gasteiger partial charge in [-0.2, -0.15) is 11.8 Å². The first-order valence-corrected chi connectivity index (χ1v) is 8.06. The van der Waals surface area contributed by atoms with Crippen LogP contribution in [0.3, 0.4) is 0 Å². The topological polar surface area (TPSA) is 46.6 Å². The van der Waals surface area contributed by atoms with Gasteiger partial charge in [0.25, 0.3) is 0 Å². The maximum Gasteiger partial charge on any atom is 0.417 e. The third-order valence-electron chi connectivity index (χ3n) is 4.04. The Labute approximate surface area is 128 Å². The first-order valence-electron chi connectivity index (χ1n) is 6.90. The molecule has 0 saturated carbocycles. The quantitative estimate of drug-likeness (QED) is 0.802. The van der Waals surface area contributed by atoms with Gasteiger partial charge in [-0.1, -0.05) is 36.4 Å². The van der Waals surface area contributed by atoms with Crippen LogP contribution in [0.5, 0.6) is 0 Å². The van der Waals surface area contributed by atoms with Crippen LogP contribution >= 0.6 is 11.8 Å². The molecule has 2 amide bonds. The van der Waals surface area contributed by atoms with Gasteiger partial charge in [0.05, 0.1) is 0 Å². The van der Waals surface area contributed by atoms with Crippen molar-refractivity contribution in [1.29, 1.82) is 0 Å². The number of benzene rings is 1. The molecule has 2 saturated heterocycles. The van der Waals surface area contributed by atoms with Crippen molar-refractivity contribution in [3.05, 3.63) is 48.6 Å². The van der Waals surface area contributed by atoms with Crippen LogP contribution in [0.15, 0.2) is 43.0 Å². The van der Waals surface area contributed by atoms with Crippen molar-refractivity contribution in [1.82, 2.24) is 4.90 Å². The van der Waals surface area contributed by atoms with Crippen molar-refractivity contribution < 1.29 is 14.3 Å². The van der Waals surface area contributed by atoms with E-state index in [9.17, 15) is 9.59 Å². The highest BCUT2D eigenvalue weighted by atomic mass is 32.2. The molecule has 0 aromatic heterocycles. The van der Waals surface area contributed by atoms with E-state index >= 15 is 0 Å². The Balaban J connectivity index is 1.79. The van der Waals surface area contributed by atoms with Crippen LogP contribution < -0.4 is 0 Å². The van der Waals surface area contributed by atoms with Gasteiger partial charge in [-0.25, -0.2) is 9.69 Å². The van der Waals surface area contributed by atoms with Crippen molar-refractivity contribution in [2.45, 2.75) is 12.5 Å². The normalized spacial score (nSPS) is 23.3.